The number of benzene rings is 2. The summed E-state index contributed by atoms with van der Waals surface area (Å²) in [5, 5.41) is 2.70. The van der Waals surface area contributed by atoms with Gasteiger partial charge in [-0.2, -0.15) is 4.31 Å². The van der Waals surface area contributed by atoms with E-state index in [0.29, 0.717) is 5.69 Å². The molecule has 3 unspecified atom stereocenters. The van der Waals surface area contributed by atoms with Gasteiger partial charge in [0.25, 0.3) is 5.91 Å². The number of ether oxygens (including phenoxy) is 2. The van der Waals surface area contributed by atoms with Gasteiger partial charge in [-0.05, 0) is 69.7 Å². The number of esters is 1. The van der Waals surface area contributed by atoms with Gasteiger partial charge in [0.2, 0.25) is 10.0 Å². The summed E-state index contributed by atoms with van der Waals surface area (Å²) in [6, 6.07) is 12.8. The number of nitrogens with zero attached hydrogens (tertiary/aromatic N) is 1. The van der Waals surface area contributed by atoms with Gasteiger partial charge >= 0.3 is 5.97 Å². The zero-order valence-electron chi connectivity index (χ0n) is 18.6. The molecule has 1 saturated heterocycles. The van der Waals surface area contributed by atoms with Crippen molar-refractivity contribution in [1.82, 2.24) is 4.31 Å². The molecule has 0 aromatic heterocycles. The Labute approximate surface area is 188 Å². The maximum atomic E-state index is 12.9. The highest BCUT2D eigenvalue weighted by molar-refractivity contribution is 7.89. The van der Waals surface area contributed by atoms with Crippen LogP contribution in [0.5, 0.6) is 0 Å². The highest BCUT2D eigenvalue weighted by Gasteiger charge is 2.32. The average Bonchev–Trinajstić information content (AvgIpc) is 2.73. The lowest BCUT2D eigenvalue weighted by Gasteiger charge is -2.34. The van der Waals surface area contributed by atoms with Crippen LogP contribution in [0.3, 0.4) is 0 Å². The van der Waals surface area contributed by atoms with Crippen molar-refractivity contribution in [2.45, 2.75) is 50.9 Å². The zero-order valence-corrected chi connectivity index (χ0v) is 19.4. The quantitative estimate of drug-likeness (QED) is 0.665. The number of nitrogens with one attached hydrogen (secondary N) is 1. The molecule has 2 aromatic carbocycles. The van der Waals surface area contributed by atoms with E-state index in [2.05, 4.69) is 5.32 Å². The molecular formula is C23H28N2O6S. The third kappa shape index (κ3) is 5.73. The molecule has 3 rings (SSSR count). The highest BCUT2D eigenvalue weighted by atomic mass is 32.2. The summed E-state index contributed by atoms with van der Waals surface area (Å²) in [6.45, 7) is 7.57. The van der Waals surface area contributed by atoms with Gasteiger partial charge in [0.1, 0.15) is 0 Å². The molecule has 1 fully saturated rings. The summed E-state index contributed by atoms with van der Waals surface area (Å²) in [5.74, 6) is -1.17. The predicted molar refractivity (Wildman–Crippen MR) is 120 cm³/mol. The number of aryl methyl sites for hydroxylation is 1. The van der Waals surface area contributed by atoms with Crippen molar-refractivity contribution in [3.8, 4) is 0 Å². The number of carbonyl (C=O) groups excluding carboxylic acids is 2. The molecule has 9 heteroatoms. The Hall–Kier alpha value is -2.75. The fourth-order valence-corrected chi connectivity index (χ4v) is 5.08. The number of hydrogen-bond acceptors (Lipinski definition) is 6. The van der Waals surface area contributed by atoms with E-state index in [9.17, 15) is 18.0 Å². The van der Waals surface area contributed by atoms with E-state index in [-0.39, 0.29) is 35.8 Å². The molecule has 3 atom stereocenters. The number of morpholine rings is 1. The van der Waals surface area contributed by atoms with Gasteiger partial charge in [-0.1, -0.05) is 12.1 Å². The summed E-state index contributed by atoms with van der Waals surface area (Å²) in [4.78, 5) is 24.8. The molecule has 1 amide bonds. The summed E-state index contributed by atoms with van der Waals surface area (Å²) in [5.41, 5.74) is 1.76. The number of rotatable bonds is 6. The number of anilines is 1. The van der Waals surface area contributed by atoms with Crippen molar-refractivity contribution in [2.24, 2.45) is 0 Å². The lowest BCUT2D eigenvalue weighted by atomic mass is 10.2. The van der Waals surface area contributed by atoms with Crippen LogP contribution < -0.4 is 5.32 Å². The first-order valence-corrected chi connectivity index (χ1v) is 11.8. The zero-order chi connectivity index (χ0) is 23.5. The van der Waals surface area contributed by atoms with Crippen LogP contribution >= 0.6 is 0 Å². The Morgan fingerprint density at radius 1 is 1.09 bits per heavy atom. The van der Waals surface area contributed by atoms with E-state index in [1.165, 1.54) is 35.5 Å². The van der Waals surface area contributed by atoms with Crippen molar-refractivity contribution in [2.75, 3.05) is 18.4 Å². The van der Waals surface area contributed by atoms with Gasteiger partial charge in [-0.25, -0.2) is 13.2 Å². The molecule has 1 heterocycles. The third-order valence-electron chi connectivity index (χ3n) is 5.05. The molecule has 8 nitrogen and oxygen atoms in total. The summed E-state index contributed by atoms with van der Waals surface area (Å²) >= 11 is 0. The molecule has 2 aromatic rings. The Morgan fingerprint density at radius 3 is 2.31 bits per heavy atom. The van der Waals surface area contributed by atoms with Gasteiger partial charge in [0.15, 0.2) is 6.10 Å². The first kappa shape index (κ1) is 23.9. The topological polar surface area (TPSA) is 102 Å². The Bertz CT molecular complexity index is 1070. The minimum absolute atomic E-state index is 0.0839. The third-order valence-corrected chi connectivity index (χ3v) is 6.90. The Kier molecular flexibility index (Phi) is 7.33. The van der Waals surface area contributed by atoms with Crippen molar-refractivity contribution in [1.29, 1.82) is 0 Å². The summed E-state index contributed by atoms with van der Waals surface area (Å²) in [7, 11) is -3.71. The molecule has 0 aliphatic carbocycles. The van der Waals surface area contributed by atoms with E-state index in [4.69, 9.17) is 9.47 Å². The van der Waals surface area contributed by atoms with Gasteiger partial charge < -0.3 is 14.8 Å². The van der Waals surface area contributed by atoms with Crippen molar-refractivity contribution in [3.05, 3.63) is 59.7 Å². The van der Waals surface area contributed by atoms with Crippen LogP contribution in [0.25, 0.3) is 0 Å². The van der Waals surface area contributed by atoms with Crippen molar-refractivity contribution >= 4 is 27.6 Å². The maximum absolute atomic E-state index is 12.9. The second kappa shape index (κ2) is 9.81. The Balaban J connectivity index is 1.63. The van der Waals surface area contributed by atoms with Crippen molar-refractivity contribution in [3.63, 3.8) is 0 Å². The van der Waals surface area contributed by atoms with Crippen LogP contribution in [0.15, 0.2) is 53.4 Å². The largest absolute Gasteiger partial charge is 0.449 e. The minimum Gasteiger partial charge on any atom is -0.449 e. The van der Waals surface area contributed by atoms with E-state index < -0.39 is 28.0 Å². The average molecular weight is 461 g/mol. The van der Waals surface area contributed by atoms with E-state index in [0.717, 1.165) is 5.56 Å². The van der Waals surface area contributed by atoms with Crippen molar-refractivity contribution < 1.29 is 27.5 Å². The molecule has 1 N–H and O–H groups in total. The molecule has 32 heavy (non-hydrogen) atoms. The number of amides is 1. The molecule has 0 spiro atoms. The van der Waals surface area contributed by atoms with Gasteiger partial charge in [0, 0.05) is 18.8 Å². The monoisotopic (exact) mass is 460 g/mol. The first-order chi connectivity index (χ1) is 15.1. The molecule has 1 aliphatic rings. The SMILES string of the molecule is Cc1cccc(NC(=O)C(C)OC(=O)c2ccc(S(=O)(=O)N3CC(C)OC(C)C3)cc2)c1. The lowest BCUT2D eigenvalue weighted by molar-refractivity contribution is -0.123. The first-order valence-electron chi connectivity index (χ1n) is 10.4. The summed E-state index contributed by atoms with van der Waals surface area (Å²) in [6.07, 6.45) is -1.42. The fourth-order valence-electron chi connectivity index (χ4n) is 3.49. The van der Waals surface area contributed by atoms with Crippen LogP contribution in [0.2, 0.25) is 0 Å². The predicted octanol–water partition coefficient (Wildman–Crippen LogP) is 2.98. The number of hydrogen-bond donors (Lipinski definition) is 1. The van der Waals surface area contributed by atoms with Gasteiger partial charge in [-0.3, -0.25) is 4.79 Å². The van der Waals surface area contributed by atoms with E-state index in [1.807, 2.05) is 39.0 Å². The lowest BCUT2D eigenvalue weighted by Crippen LogP contribution is -2.48. The maximum Gasteiger partial charge on any atom is 0.338 e. The molecule has 0 bridgehead atoms. The second-order valence-corrected chi connectivity index (χ2v) is 9.95. The van der Waals surface area contributed by atoms with Crippen LogP contribution in [-0.4, -0.2) is 56.0 Å². The summed E-state index contributed by atoms with van der Waals surface area (Å²) < 4.78 is 38.1. The smallest absolute Gasteiger partial charge is 0.338 e. The van der Waals surface area contributed by atoms with E-state index in [1.54, 1.807) is 6.07 Å². The normalized spacial score (nSPS) is 20.4. The Morgan fingerprint density at radius 2 is 1.72 bits per heavy atom. The van der Waals surface area contributed by atoms with E-state index >= 15 is 0 Å². The van der Waals surface area contributed by atoms with Crippen LogP contribution in [0, 0.1) is 6.92 Å². The van der Waals surface area contributed by atoms with Gasteiger partial charge in [-0.15, -0.1) is 0 Å². The second-order valence-electron chi connectivity index (χ2n) is 8.01. The number of carbonyl (C=O) groups is 2. The molecule has 0 saturated carbocycles. The van der Waals surface area contributed by atoms with Crippen LogP contribution in [0.1, 0.15) is 36.7 Å². The molecular weight excluding hydrogens is 432 g/mol. The fraction of sp³-hybridized carbons (Fsp3) is 0.391. The molecule has 1 aliphatic heterocycles. The highest BCUT2D eigenvalue weighted by Crippen LogP contribution is 2.22. The molecule has 0 radical (unpaired) electrons. The minimum atomic E-state index is -3.71. The molecule has 172 valence electrons. The van der Waals surface area contributed by atoms with Gasteiger partial charge in [0.05, 0.1) is 22.7 Å². The van der Waals surface area contributed by atoms with Crippen LogP contribution in [0.4, 0.5) is 5.69 Å². The standard InChI is InChI=1S/C23H28N2O6S/c1-15-6-5-7-20(12-15)24-22(26)18(4)31-23(27)19-8-10-21(11-9-19)32(28,29)25-13-16(2)30-17(3)14-25/h5-12,16-18H,13-14H2,1-4H3,(H,24,26). The van der Waals surface area contributed by atoms with Crippen LogP contribution in [-0.2, 0) is 24.3 Å². The number of sulfonamides is 1.